The molecule has 0 spiro atoms. The van der Waals surface area contributed by atoms with Gasteiger partial charge in [-0.25, -0.2) is 4.79 Å². The minimum absolute atomic E-state index is 0.0586. The number of benzene rings is 2. The maximum atomic E-state index is 12.1. The van der Waals surface area contributed by atoms with Crippen molar-refractivity contribution in [1.29, 1.82) is 0 Å². The maximum absolute atomic E-state index is 12.1. The standard InChI is InChI=1S/C21H24N2O3/c1-2-25-21(24)23-13-7-8-15(14-23)22-20-16-9-3-5-11-18(16)26-19-12-6-4-10-17(19)20/h3-6,9-12,15,20,22H,2,7-8,13-14H2,1H3. The first-order valence-electron chi connectivity index (χ1n) is 9.29. The Morgan fingerprint density at radius 3 is 2.46 bits per heavy atom. The van der Waals surface area contributed by atoms with Gasteiger partial charge < -0.3 is 19.7 Å². The number of carbonyl (C=O) groups excluding carboxylic acids is 1. The molecule has 0 bridgehead atoms. The molecule has 26 heavy (non-hydrogen) atoms. The van der Waals surface area contributed by atoms with E-state index >= 15 is 0 Å². The Hall–Kier alpha value is -2.53. The molecule has 5 nitrogen and oxygen atoms in total. The van der Waals surface area contributed by atoms with Gasteiger partial charge in [-0.1, -0.05) is 36.4 Å². The number of ether oxygens (including phenoxy) is 2. The number of likely N-dealkylation sites (tertiary alicyclic amines) is 1. The quantitative estimate of drug-likeness (QED) is 0.904. The van der Waals surface area contributed by atoms with E-state index in [4.69, 9.17) is 9.47 Å². The molecule has 0 aliphatic carbocycles. The van der Waals surface area contributed by atoms with Crippen molar-refractivity contribution in [3.8, 4) is 11.5 Å². The first-order valence-corrected chi connectivity index (χ1v) is 9.29. The summed E-state index contributed by atoms with van der Waals surface area (Å²) < 4.78 is 11.2. The van der Waals surface area contributed by atoms with Gasteiger partial charge in [-0.2, -0.15) is 0 Å². The predicted octanol–water partition coefficient (Wildman–Crippen LogP) is 4.09. The highest BCUT2D eigenvalue weighted by molar-refractivity contribution is 5.67. The van der Waals surface area contributed by atoms with Gasteiger partial charge in [0.05, 0.1) is 12.6 Å². The highest BCUT2D eigenvalue weighted by atomic mass is 16.6. The van der Waals surface area contributed by atoms with Crippen LogP contribution in [0.15, 0.2) is 48.5 Å². The van der Waals surface area contributed by atoms with Gasteiger partial charge in [0.25, 0.3) is 0 Å². The Morgan fingerprint density at radius 1 is 1.15 bits per heavy atom. The molecule has 5 heteroatoms. The third kappa shape index (κ3) is 3.27. The number of carbonyl (C=O) groups is 1. The van der Waals surface area contributed by atoms with E-state index in [1.165, 1.54) is 0 Å². The normalized spacial score (nSPS) is 19.3. The summed E-state index contributed by atoms with van der Waals surface area (Å²) in [6.07, 6.45) is 1.80. The van der Waals surface area contributed by atoms with Crippen LogP contribution in [-0.2, 0) is 4.74 Å². The molecule has 1 atom stereocenters. The number of rotatable bonds is 3. The fourth-order valence-corrected chi connectivity index (χ4v) is 3.82. The fraction of sp³-hybridized carbons (Fsp3) is 0.381. The fourth-order valence-electron chi connectivity index (χ4n) is 3.82. The molecule has 2 heterocycles. The molecule has 1 saturated heterocycles. The lowest BCUT2D eigenvalue weighted by molar-refractivity contribution is 0.0920. The summed E-state index contributed by atoms with van der Waals surface area (Å²) in [7, 11) is 0. The number of fused-ring (bicyclic) bond motifs is 2. The monoisotopic (exact) mass is 352 g/mol. The summed E-state index contributed by atoms with van der Waals surface area (Å²) in [6.45, 7) is 3.68. The third-order valence-electron chi connectivity index (χ3n) is 5.03. The topological polar surface area (TPSA) is 50.8 Å². The number of hydrogen-bond donors (Lipinski definition) is 1. The van der Waals surface area contributed by atoms with Crippen molar-refractivity contribution in [3.63, 3.8) is 0 Å². The predicted molar refractivity (Wildman–Crippen MR) is 99.6 cm³/mol. The van der Waals surface area contributed by atoms with E-state index in [1.54, 1.807) is 0 Å². The minimum Gasteiger partial charge on any atom is -0.457 e. The number of nitrogens with zero attached hydrogens (tertiary/aromatic N) is 1. The Balaban J connectivity index is 1.57. The van der Waals surface area contributed by atoms with E-state index in [0.717, 1.165) is 42.0 Å². The number of amides is 1. The lowest BCUT2D eigenvalue weighted by atomic mass is 9.93. The van der Waals surface area contributed by atoms with Crippen LogP contribution in [0.1, 0.15) is 36.9 Å². The molecule has 1 fully saturated rings. The van der Waals surface area contributed by atoms with Crippen LogP contribution >= 0.6 is 0 Å². The minimum atomic E-state index is -0.216. The van der Waals surface area contributed by atoms with Crippen molar-refractivity contribution in [3.05, 3.63) is 59.7 Å². The SMILES string of the molecule is CCOC(=O)N1CCCC(NC2c3ccccc3Oc3ccccc32)C1. The molecule has 0 radical (unpaired) electrons. The molecule has 2 aromatic rings. The van der Waals surface area contributed by atoms with Crippen LogP contribution in [0.5, 0.6) is 11.5 Å². The van der Waals surface area contributed by atoms with E-state index in [9.17, 15) is 4.79 Å². The van der Waals surface area contributed by atoms with Crippen molar-refractivity contribution in [1.82, 2.24) is 10.2 Å². The third-order valence-corrected chi connectivity index (χ3v) is 5.03. The van der Waals surface area contributed by atoms with Gasteiger partial charge >= 0.3 is 6.09 Å². The van der Waals surface area contributed by atoms with E-state index in [2.05, 4.69) is 17.4 Å². The maximum Gasteiger partial charge on any atom is 0.409 e. The summed E-state index contributed by atoms with van der Waals surface area (Å²) in [6, 6.07) is 16.6. The summed E-state index contributed by atoms with van der Waals surface area (Å²) in [5.41, 5.74) is 2.28. The number of para-hydroxylation sites is 2. The Bertz CT molecular complexity index is 747. The van der Waals surface area contributed by atoms with Crippen molar-refractivity contribution in [2.24, 2.45) is 0 Å². The second kappa shape index (κ2) is 7.38. The zero-order chi connectivity index (χ0) is 17.9. The second-order valence-electron chi connectivity index (χ2n) is 6.76. The van der Waals surface area contributed by atoms with Crippen molar-refractivity contribution in [2.75, 3.05) is 19.7 Å². The average Bonchev–Trinajstić information content (AvgIpc) is 2.68. The van der Waals surface area contributed by atoms with Gasteiger partial charge in [0, 0.05) is 30.3 Å². The molecule has 1 unspecified atom stereocenters. The molecular formula is C21H24N2O3. The first kappa shape index (κ1) is 16.9. The number of nitrogens with one attached hydrogen (secondary N) is 1. The molecule has 2 aliphatic heterocycles. The molecule has 2 aromatic carbocycles. The van der Waals surface area contributed by atoms with Gasteiger partial charge in [0.1, 0.15) is 11.5 Å². The van der Waals surface area contributed by atoms with E-state index in [1.807, 2.05) is 48.2 Å². The number of piperidine rings is 1. The number of hydrogen-bond acceptors (Lipinski definition) is 4. The van der Waals surface area contributed by atoms with Gasteiger partial charge in [-0.05, 0) is 31.9 Å². The van der Waals surface area contributed by atoms with Gasteiger partial charge in [-0.15, -0.1) is 0 Å². The molecule has 0 saturated carbocycles. The highest BCUT2D eigenvalue weighted by Gasteiger charge is 2.31. The molecular weight excluding hydrogens is 328 g/mol. The second-order valence-corrected chi connectivity index (χ2v) is 6.76. The molecule has 4 rings (SSSR count). The van der Waals surface area contributed by atoms with Crippen molar-refractivity contribution < 1.29 is 14.3 Å². The Labute approximate surface area is 153 Å². The lowest BCUT2D eigenvalue weighted by Crippen LogP contribution is -2.49. The molecule has 1 amide bonds. The van der Waals surface area contributed by atoms with Crippen LogP contribution in [-0.4, -0.2) is 36.7 Å². The van der Waals surface area contributed by atoms with E-state index < -0.39 is 0 Å². The smallest absolute Gasteiger partial charge is 0.409 e. The van der Waals surface area contributed by atoms with Crippen LogP contribution in [0, 0.1) is 0 Å². The first-order chi connectivity index (χ1) is 12.8. The summed E-state index contributed by atoms with van der Waals surface area (Å²) >= 11 is 0. The lowest BCUT2D eigenvalue weighted by Gasteiger charge is -2.37. The molecule has 1 N–H and O–H groups in total. The zero-order valence-corrected chi connectivity index (χ0v) is 15.0. The van der Waals surface area contributed by atoms with Crippen LogP contribution in [0.2, 0.25) is 0 Å². The van der Waals surface area contributed by atoms with Gasteiger partial charge in [-0.3, -0.25) is 0 Å². The highest BCUT2D eigenvalue weighted by Crippen LogP contribution is 2.42. The largest absolute Gasteiger partial charge is 0.457 e. The van der Waals surface area contributed by atoms with Crippen LogP contribution < -0.4 is 10.1 Å². The van der Waals surface area contributed by atoms with Gasteiger partial charge in [0.2, 0.25) is 0 Å². The van der Waals surface area contributed by atoms with Crippen LogP contribution in [0.3, 0.4) is 0 Å². The summed E-state index contributed by atoms with van der Waals surface area (Å²) in [4.78, 5) is 13.9. The van der Waals surface area contributed by atoms with Crippen molar-refractivity contribution in [2.45, 2.75) is 31.8 Å². The summed E-state index contributed by atoms with van der Waals surface area (Å²) in [5.74, 6) is 1.78. The summed E-state index contributed by atoms with van der Waals surface area (Å²) in [5, 5.41) is 3.77. The van der Waals surface area contributed by atoms with Crippen LogP contribution in [0.25, 0.3) is 0 Å². The van der Waals surface area contributed by atoms with E-state index in [0.29, 0.717) is 13.2 Å². The van der Waals surface area contributed by atoms with Crippen LogP contribution in [0.4, 0.5) is 4.79 Å². The van der Waals surface area contributed by atoms with Crippen molar-refractivity contribution >= 4 is 6.09 Å². The molecule has 2 aliphatic rings. The van der Waals surface area contributed by atoms with E-state index in [-0.39, 0.29) is 18.2 Å². The molecule has 0 aromatic heterocycles. The zero-order valence-electron chi connectivity index (χ0n) is 15.0. The average molecular weight is 352 g/mol. The Morgan fingerprint density at radius 2 is 1.81 bits per heavy atom. The Kier molecular flexibility index (Phi) is 4.80. The molecule has 136 valence electrons. The van der Waals surface area contributed by atoms with Gasteiger partial charge in [0.15, 0.2) is 0 Å².